The zero-order valence-corrected chi connectivity index (χ0v) is 23.5. The number of benzene rings is 2. The van der Waals surface area contributed by atoms with Crippen molar-refractivity contribution < 1.29 is 8.42 Å². The number of rotatable bonds is 6. The van der Waals surface area contributed by atoms with Crippen molar-refractivity contribution >= 4 is 77.4 Å². The number of nitrogens with zero attached hydrogens (tertiary/aromatic N) is 6. The van der Waals surface area contributed by atoms with Crippen LogP contribution in [0, 0.1) is 0 Å². The molecule has 4 aromatic rings. The molecule has 3 heterocycles. The number of anilines is 5. The SMILES string of the molecule is CN1CCc2cc(Cl)c(Nc3ncc(Br)c(Nc4ccc5nccnc5c4N(C)S(C)(=O)=O)n3)cc2C1. The van der Waals surface area contributed by atoms with Crippen LogP contribution >= 0.6 is 27.5 Å². The summed E-state index contributed by atoms with van der Waals surface area (Å²) in [5, 5.41) is 7.04. The maximum absolute atomic E-state index is 12.4. The molecule has 13 heteroatoms. The fourth-order valence-electron chi connectivity index (χ4n) is 4.19. The van der Waals surface area contributed by atoms with Crippen molar-refractivity contribution in [3.8, 4) is 0 Å². The van der Waals surface area contributed by atoms with Crippen LogP contribution in [-0.2, 0) is 23.0 Å². The summed E-state index contributed by atoms with van der Waals surface area (Å²) in [4.78, 5) is 20.0. The number of fused-ring (bicyclic) bond motifs is 2. The molecule has 0 amide bonds. The van der Waals surface area contributed by atoms with Gasteiger partial charge in [-0.05, 0) is 64.8 Å². The second kappa shape index (κ2) is 10.0. The maximum Gasteiger partial charge on any atom is 0.232 e. The third kappa shape index (κ3) is 5.33. The van der Waals surface area contributed by atoms with Crippen LogP contribution in [0.4, 0.5) is 28.8 Å². The quantitative estimate of drug-likeness (QED) is 0.323. The zero-order chi connectivity index (χ0) is 26.3. The molecule has 0 saturated heterocycles. The van der Waals surface area contributed by atoms with Gasteiger partial charge in [-0.2, -0.15) is 4.98 Å². The molecule has 2 N–H and O–H groups in total. The van der Waals surface area contributed by atoms with E-state index >= 15 is 0 Å². The number of sulfonamides is 1. The zero-order valence-electron chi connectivity index (χ0n) is 20.3. The van der Waals surface area contributed by atoms with Crippen molar-refractivity contribution in [2.24, 2.45) is 0 Å². The first-order valence-corrected chi connectivity index (χ1v) is 14.4. The average Bonchev–Trinajstić information content (AvgIpc) is 2.85. The minimum Gasteiger partial charge on any atom is -0.337 e. The highest BCUT2D eigenvalue weighted by atomic mass is 79.9. The molecule has 192 valence electrons. The highest BCUT2D eigenvalue weighted by Crippen LogP contribution is 2.37. The fourth-order valence-corrected chi connectivity index (χ4v) is 5.23. The maximum atomic E-state index is 12.4. The minimum atomic E-state index is -3.59. The summed E-state index contributed by atoms with van der Waals surface area (Å²) in [7, 11) is -0.0216. The number of halogens is 2. The van der Waals surface area contributed by atoms with Crippen molar-refractivity contribution in [1.29, 1.82) is 0 Å². The smallest absolute Gasteiger partial charge is 0.232 e. The summed E-state index contributed by atoms with van der Waals surface area (Å²) in [5.41, 5.74) is 5.01. The van der Waals surface area contributed by atoms with Crippen LogP contribution in [-0.4, -0.2) is 60.1 Å². The molecule has 0 spiro atoms. The van der Waals surface area contributed by atoms with Crippen LogP contribution in [0.2, 0.25) is 5.02 Å². The topological polar surface area (TPSA) is 116 Å². The van der Waals surface area contributed by atoms with E-state index in [1.165, 1.54) is 28.7 Å². The van der Waals surface area contributed by atoms with E-state index in [4.69, 9.17) is 11.6 Å². The number of nitrogens with one attached hydrogen (secondary N) is 2. The Balaban J connectivity index is 1.51. The third-order valence-corrected chi connectivity index (χ3v) is 8.23. The molecule has 2 aromatic carbocycles. The molecular formula is C24H24BrClN8O2S. The standard InChI is InChI=1S/C24H24BrClN8O2S/c1-33-9-6-14-10-17(26)20(11-15(14)13-33)31-24-29-12-16(25)23(32-24)30-19-5-4-18-21(28-8-7-27-18)22(19)34(2)37(3,35)36/h4-5,7-8,10-12H,6,9,13H2,1-3H3,(H2,29,30,31,32). The van der Waals surface area contributed by atoms with Gasteiger partial charge in [0.05, 0.1) is 32.6 Å². The van der Waals surface area contributed by atoms with Crippen LogP contribution in [0.3, 0.4) is 0 Å². The second-order valence-corrected chi connectivity index (χ2v) is 12.1. The molecule has 0 bridgehead atoms. The van der Waals surface area contributed by atoms with Gasteiger partial charge in [-0.15, -0.1) is 0 Å². The highest BCUT2D eigenvalue weighted by molar-refractivity contribution is 9.10. The number of aromatic nitrogens is 4. The number of likely N-dealkylation sites (N-methyl/N-ethyl adjacent to an activating group) is 1. The summed E-state index contributed by atoms with van der Waals surface area (Å²) < 4.78 is 26.7. The van der Waals surface area contributed by atoms with Crippen LogP contribution in [0.15, 0.2) is 47.3 Å². The lowest BCUT2D eigenvalue weighted by molar-refractivity contribution is 0.313. The van der Waals surface area contributed by atoms with Crippen LogP contribution < -0.4 is 14.9 Å². The Labute approximate surface area is 228 Å². The van der Waals surface area contributed by atoms with Gasteiger partial charge in [0.2, 0.25) is 16.0 Å². The van der Waals surface area contributed by atoms with Crippen LogP contribution in [0.25, 0.3) is 11.0 Å². The monoisotopic (exact) mass is 602 g/mol. The normalized spacial score (nSPS) is 13.9. The Morgan fingerprint density at radius 3 is 2.65 bits per heavy atom. The van der Waals surface area contributed by atoms with Gasteiger partial charge in [0.15, 0.2) is 0 Å². The Kier molecular flexibility index (Phi) is 6.92. The summed E-state index contributed by atoms with van der Waals surface area (Å²) in [6.45, 7) is 1.84. The van der Waals surface area contributed by atoms with E-state index < -0.39 is 10.0 Å². The number of hydrogen-bond donors (Lipinski definition) is 2. The fraction of sp³-hybridized carbons (Fsp3) is 0.250. The van der Waals surface area contributed by atoms with Crippen LogP contribution in [0.5, 0.6) is 0 Å². The van der Waals surface area contributed by atoms with Crippen LogP contribution in [0.1, 0.15) is 11.1 Å². The Morgan fingerprint density at radius 2 is 1.86 bits per heavy atom. The number of hydrogen-bond acceptors (Lipinski definition) is 9. The first kappa shape index (κ1) is 25.6. The molecular weight excluding hydrogens is 580 g/mol. The third-order valence-electron chi connectivity index (χ3n) is 6.16. The van der Waals surface area contributed by atoms with Gasteiger partial charge in [0, 0.05) is 38.7 Å². The molecule has 0 aliphatic carbocycles. The van der Waals surface area contributed by atoms with Gasteiger partial charge in [-0.25, -0.2) is 13.4 Å². The van der Waals surface area contributed by atoms with Gasteiger partial charge in [-0.3, -0.25) is 14.3 Å². The minimum absolute atomic E-state index is 0.329. The summed E-state index contributed by atoms with van der Waals surface area (Å²) >= 11 is 10.1. The first-order chi connectivity index (χ1) is 17.6. The average molecular weight is 604 g/mol. The van der Waals surface area contributed by atoms with Gasteiger partial charge < -0.3 is 15.5 Å². The van der Waals surface area contributed by atoms with E-state index in [2.05, 4.69) is 58.4 Å². The van der Waals surface area contributed by atoms with Gasteiger partial charge in [0.25, 0.3) is 0 Å². The molecule has 0 fully saturated rings. The molecule has 0 atom stereocenters. The van der Waals surface area contributed by atoms with E-state index in [0.717, 1.165) is 25.8 Å². The lowest BCUT2D eigenvalue weighted by atomic mass is 9.99. The highest BCUT2D eigenvalue weighted by Gasteiger charge is 2.22. The molecule has 0 radical (unpaired) electrons. The van der Waals surface area contributed by atoms with E-state index in [0.29, 0.717) is 49.4 Å². The van der Waals surface area contributed by atoms with E-state index in [-0.39, 0.29) is 0 Å². The van der Waals surface area contributed by atoms with Crippen molar-refractivity contribution in [3.63, 3.8) is 0 Å². The molecule has 0 saturated carbocycles. The second-order valence-electron chi connectivity index (χ2n) is 8.84. The molecule has 10 nitrogen and oxygen atoms in total. The van der Waals surface area contributed by atoms with Crippen molar-refractivity contribution in [3.05, 3.63) is 63.5 Å². The Bertz CT molecular complexity index is 1620. The lowest BCUT2D eigenvalue weighted by Crippen LogP contribution is -2.26. The van der Waals surface area contributed by atoms with E-state index in [1.807, 2.05) is 12.1 Å². The largest absolute Gasteiger partial charge is 0.337 e. The predicted octanol–water partition coefficient (Wildman–Crippen LogP) is 4.71. The first-order valence-electron chi connectivity index (χ1n) is 11.3. The van der Waals surface area contributed by atoms with Crippen molar-refractivity contribution in [2.45, 2.75) is 13.0 Å². The molecule has 1 aliphatic rings. The lowest BCUT2D eigenvalue weighted by Gasteiger charge is -2.26. The molecule has 5 rings (SSSR count). The van der Waals surface area contributed by atoms with E-state index in [1.54, 1.807) is 24.5 Å². The van der Waals surface area contributed by atoms with Gasteiger partial charge in [-0.1, -0.05) is 11.6 Å². The van der Waals surface area contributed by atoms with Crippen molar-refractivity contribution in [2.75, 3.05) is 41.8 Å². The Morgan fingerprint density at radius 1 is 1.08 bits per heavy atom. The summed E-state index contributed by atoms with van der Waals surface area (Å²) in [5.74, 6) is 0.757. The molecule has 1 aliphatic heterocycles. The summed E-state index contributed by atoms with van der Waals surface area (Å²) in [6.07, 6.45) is 6.78. The van der Waals surface area contributed by atoms with Gasteiger partial charge >= 0.3 is 0 Å². The van der Waals surface area contributed by atoms with E-state index in [9.17, 15) is 8.42 Å². The van der Waals surface area contributed by atoms with Gasteiger partial charge in [0.1, 0.15) is 17.0 Å². The molecule has 0 unspecified atom stereocenters. The van der Waals surface area contributed by atoms with Crippen molar-refractivity contribution in [1.82, 2.24) is 24.8 Å². The Hall–Kier alpha value is -3.06. The predicted molar refractivity (Wildman–Crippen MR) is 151 cm³/mol. The molecule has 37 heavy (non-hydrogen) atoms. The summed E-state index contributed by atoms with van der Waals surface area (Å²) in [6, 6.07) is 7.54. The molecule has 2 aromatic heterocycles.